The standard InChI is InChI=1S/C24H28N2O5S/c1-28-18-8-6-17(7-9-18)23-21(11-12-22(27)31-4)32-24(26-23)25-14-13-16-5-10-19(29-2)20(15-16)30-3/h5-10,15H,11-14H2,1-4H3,(H,25,26). The fourth-order valence-electron chi connectivity index (χ4n) is 3.24. The number of aromatic nitrogens is 1. The van der Waals surface area contributed by atoms with Crippen LogP contribution in [0.5, 0.6) is 17.2 Å². The van der Waals surface area contributed by atoms with E-state index in [1.54, 1.807) is 32.7 Å². The lowest BCUT2D eigenvalue weighted by molar-refractivity contribution is -0.140. The number of methoxy groups -OCH3 is 4. The Morgan fingerprint density at radius 3 is 2.34 bits per heavy atom. The number of hydrogen-bond donors (Lipinski definition) is 1. The first-order chi connectivity index (χ1) is 15.6. The van der Waals surface area contributed by atoms with Gasteiger partial charge in [-0.3, -0.25) is 4.79 Å². The number of anilines is 1. The Morgan fingerprint density at radius 2 is 1.69 bits per heavy atom. The molecule has 0 bridgehead atoms. The molecule has 8 heteroatoms. The molecule has 7 nitrogen and oxygen atoms in total. The van der Waals surface area contributed by atoms with Crippen LogP contribution < -0.4 is 19.5 Å². The maximum absolute atomic E-state index is 11.7. The van der Waals surface area contributed by atoms with Crippen LogP contribution in [-0.2, 0) is 22.4 Å². The van der Waals surface area contributed by atoms with Crippen molar-refractivity contribution in [3.8, 4) is 28.5 Å². The average Bonchev–Trinajstić information content (AvgIpc) is 3.25. The number of benzene rings is 2. The molecule has 0 aliphatic carbocycles. The molecule has 3 aromatic rings. The summed E-state index contributed by atoms with van der Waals surface area (Å²) in [4.78, 5) is 17.5. The van der Waals surface area contributed by atoms with Crippen LogP contribution in [0.1, 0.15) is 16.9 Å². The zero-order chi connectivity index (χ0) is 22.9. The lowest BCUT2D eigenvalue weighted by Crippen LogP contribution is -2.05. The van der Waals surface area contributed by atoms with Crippen LogP contribution in [0.3, 0.4) is 0 Å². The molecule has 0 spiro atoms. The molecule has 3 rings (SSSR count). The zero-order valence-corrected chi connectivity index (χ0v) is 19.6. The Hall–Kier alpha value is -3.26. The Kier molecular flexibility index (Phi) is 8.33. The van der Waals surface area contributed by atoms with Gasteiger partial charge in [0.25, 0.3) is 0 Å². The summed E-state index contributed by atoms with van der Waals surface area (Å²) in [5, 5.41) is 4.22. The SMILES string of the molecule is COC(=O)CCc1sc(NCCc2ccc(OC)c(OC)c2)nc1-c1ccc(OC)cc1. The van der Waals surface area contributed by atoms with E-state index in [1.165, 1.54) is 7.11 Å². The molecule has 32 heavy (non-hydrogen) atoms. The highest BCUT2D eigenvalue weighted by Crippen LogP contribution is 2.33. The number of nitrogens with zero attached hydrogens (tertiary/aromatic N) is 1. The quantitative estimate of drug-likeness (QED) is 0.423. The minimum absolute atomic E-state index is 0.234. The first-order valence-corrected chi connectivity index (χ1v) is 11.0. The van der Waals surface area contributed by atoms with Crippen LogP contribution in [0.2, 0.25) is 0 Å². The minimum Gasteiger partial charge on any atom is -0.497 e. The summed E-state index contributed by atoms with van der Waals surface area (Å²) in [7, 11) is 6.30. The first-order valence-electron chi connectivity index (χ1n) is 10.2. The van der Waals surface area contributed by atoms with E-state index in [9.17, 15) is 4.79 Å². The molecule has 1 heterocycles. The van der Waals surface area contributed by atoms with Gasteiger partial charge in [0.05, 0.1) is 40.6 Å². The Bertz CT molecular complexity index is 1030. The summed E-state index contributed by atoms with van der Waals surface area (Å²) < 4.78 is 20.7. The van der Waals surface area contributed by atoms with Gasteiger partial charge in [-0.25, -0.2) is 4.98 Å². The van der Waals surface area contributed by atoms with Gasteiger partial charge in [-0.05, 0) is 54.8 Å². The number of thiazole rings is 1. The van der Waals surface area contributed by atoms with Crippen LogP contribution >= 0.6 is 11.3 Å². The Labute approximate surface area is 192 Å². The van der Waals surface area contributed by atoms with Crippen molar-refractivity contribution in [3.05, 3.63) is 52.9 Å². The molecule has 0 atom stereocenters. The highest BCUT2D eigenvalue weighted by atomic mass is 32.1. The molecule has 0 radical (unpaired) electrons. The highest BCUT2D eigenvalue weighted by molar-refractivity contribution is 7.16. The molecule has 0 saturated heterocycles. The molecule has 2 aromatic carbocycles. The van der Waals surface area contributed by atoms with E-state index >= 15 is 0 Å². The third-order valence-electron chi connectivity index (χ3n) is 4.98. The number of esters is 1. The molecule has 0 saturated carbocycles. The number of ether oxygens (including phenoxy) is 4. The predicted molar refractivity (Wildman–Crippen MR) is 126 cm³/mol. The summed E-state index contributed by atoms with van der Waals surface area (Å²) in [6.45, 7) is 0.710. The van der Waals surface area contributed by atoms with Crippen molar-refractivity contribution >= 4 is 22.4 Å². The summed E-state index contributed by atoms with van der Waals surface area (Å²) in [5.41, 5.74) is 2.98. The van der Waals surface area contributed by atoms with E-state index in [2.05, 4.69) is 5.32 Å². The van der Waals surface area contributed by atoms with Crippen LogP contribution in [0, 0.1) is 0 Å². The molecule has 1 N–H and O–H groups in total. The third-order valence-corrected chi connectivity index (χ3v) is 6.06. The fourth-order valence-corrected chi connectivity index (χ4v) is 4.25. The van der Waals surface area contributed by atoms with Crippen molar-refractivity contribution in [2.45, 2.75) is 19.3 Å². The minimum atomic E-state index is -0.234. The second-order valence-corrected chi connectivity index (χ2v) is 8.05. The van der Waals surface area contributed by atoms with Gasteiger partial charge in [-0.15, -0.1) is 11.3 Å². The average molecular weight is 457 g/mol. The number of hydrogen-bond acceptors (Lipinski definition) is 8. The van der Waals surface area contributed by atoms with Gasteiger partial charge in [-0.1, -0.05) is 6.07 Å². The summed E-state index contributed by atoms with van der Waals surface area (Å²) in [5.74, 6) is 1.98. The van der Waals surface area contributed by atoms with Crippen molar-refractivity contribution in [2.24, 2.45) is 0 Å². The molecular weight excluding hydrogens is 428 g/mol. The lowest BCUT2D eigenvalue weighted by atomic mass is 10.1. The molecule has 0 amide bonds. The Morgan fingerprint density at radius 1 is 0.938 bits per heavy atom. The zero-order valence-electron chi connectivity index (χ0n) is 18.8. The van der Waals surface area contributed by atoms with Gasteiger partial charge < -0.3 is 24.3 Å². The number of nitrogens with one attached hydrogen (secondary N) is 1. The number of aryl methyl sites for hydroxylation is 1. The van der Waals surface area contributed by atoms with Gasteiger partial charge in [0, 0.05) is 17.0 Å². The molecule has 0 unspecified atom stereocenters. The maximum Gasteiger partial charge on any atom is 0.305 e. The van der Waals surface area contributed by atoms with E-state index < -0.39 is 0 Å². The largest absolute Gasteiger partial charge is 0.497 e. The molecule has 1 aromatic heterocycles. The van der Waals surface area contributed by atoms with Crippen molar-refractivity contribution < 1.29 is 23.7 Å². The van der Waals surface area contributed by atoms with E-state index in [0.717, 1.165) is 39.0 Å². The third kappa shape index (κ3) is 5.91. The normalized spacial score (nSPS) is 10.5. The number of carbonyl (C=O) groups excluding carboxylic acids is 1. The van der Waals surface area contributed by atoms with Crippen molar-refractivity contribution in [2.75, 3.05) is 40.3 Å². The monoisotopic (exact) mass is 456 g/mol. The van der Waals surface area contributed by atoms with E-state index in [4.69, 9.17) is 23.9 Å². The Balaban J connectivity index is 1.73. The molecule has 0 aliphatic heterocycles. The van der Waals surface area contributed by atoms with Crippen LogP contribution in [0.4, 0.5) is 5.13 Å². The van der Waals surface area contributed by atoms with Gasteiger partial charge in [-0.2, -0.15) is 0 Å². The van der Waals surface area contributed by atoms with E-state index in [0.29, 0.717) is 30.9 Å². The topological polar surface area (TPSA) is 78.9 Å². The van der Waals surface area contributed by atoms with Gasteiger partial charge in [0.2, 0.25) is 0 Å². The molecular formula is C24H28N2O5S. The predicted octanol–water partition coefficient (Wildman–Crippen LogP) is 4.60. The molecule has 170 valence electrons. The lowest BCUT2D eigenvalue weighted by Gasteiger charge is -2.09. The number of carbonyl (C=O) groups is 1. The second kappa shape index (κ2) is 11.4. The smallest absolute Gasteiger partial charge is 0.305 e. The van der Waals surface area contributed by atoms with Crippen molar-refractivity contribution in [1.29, 1.82) is 0 Å². The van der Waals surface area contributed by atoms with Crippen molar-refractivity contribution in [1.82, 2.24) is 4.98 Å². The molecule has 0 fully saturated rings. The van der Waals surface area contributed by atoms with Gasteiger partial charge >= 0.3 is 5.97 Å². The maximum atomic E-state index is 11.7. The van der Waals surface area contributed by atoms with Crippen LogP contribution in [0.15, 0.2) is 42.5 Å². The van der Waals surface area contributed by atoms with Crippen molar-refractivity contribution in [3.63, 3.8) is 0 Å². The van der Waals surface area contributed by atoms with Crippen LogP contribution in [0.25, 0.3) is 11.3 Å². The fraction of sp³-hybridized carbons (Fsp3) is 0.333. The summed E-state index contributed by atoms with van der Waals surface area (Å²) in [6.07, 6.45) is 1.69. The van der Waals surface area contributed by atoms with E-state index in [1.807, 2.05) is 42.5 Å². The first kappa shape index (κ1) is 23.4. The van der Waals surface area contributed by atoms with E-state index in [-0.39, 0.29) is 5.97 Å². The van der Waals surface area contributed by atoms with Gasteiger partial charge in [0.15, 0.2) is 16.6 Å². The second-order valence-electron chi connectivity index (χ2n) is 6.96. The van der Waals surface area contributed by atoms with Crippen LogP contribution in [-0.4, -0.2) is 45.9 Å². The summed E-state index contributed by atoms with van der Waals surface area (Å²) in [6, 6.07) is 13.7. The summed E-state index contributed by atoms with van der Waals surface area (Å²) >= 11 is 1.56. The highest BCUT2D eigenvalue weighted by Gasteiger charge is 2.15. The molecule has 0 aliphatic rings. The number of rotatable bonds is 11. The van der Waals surface area contributed by atoms with Gasteiger partial charge in [0.1, 0.15) is 5.75 Å².